The van der Waals surface area contributed by atoms with Crippen molar-refractivity contribution in [3.63, 3.8) is 0 Å². The van der Waals surface area contributed by atoms with E-state index in [-0.39, 0.29) is 5.91 Å². The number of amides is 1. The fourth-order valence-electron chi connectivity index (χ4n) is 3.04. The maximum Gasteiger partial charge on any atom is 0.272 e. The summed E-state index contributed by atoms with van der Waals surface area (Å²) < 4.78 is 1.03. The molecule has 116 valence electrons. The highest BCUT2D eigenvalue weighted by Gasteiger charge is 2.25. The van der Waals surface area contributed by atoms with Crippen LogP contribution < -0.4 is 0 Å². The monoisotopic (exact) mass is 389 g/mol. The van der Waals surface area contributed by atoms with Crippen LogP contribution in [-0.2, 0) is 13.0 Å². The Morgan fingerprint density at radius 3 is 3.00 bits per heavy atom. The van der Waals surface area contributed by atoms with Gasteiger partial charge in [0.15, 0.2) is 0 Å². The number of benzene rings is 1. The number of H-pyrrole nitrogens is 1. The van der Waals surface area contributed by atoms with Crippen LogP contribution in [0, 0.1) is 0 Å². The quantitative estimate of drug-likeness (QED) is 0.678. The zero-order chi connectivity index (χ0) is 16.0. The molecule has 0 saturated carbocycles. The molecule has 0 aliphatic carbocycles. The number of nitrogens with one attached hydrogen (secondary N) is 1. The number of rotatable bonds is 1. The number of hydrogen-bond donors (Lipinski definition) is 1. The summed E-state index contributed by atoms with van der Waals surface area (Å²) in [5, 5.41) is 1.68. The number of halogens is 2. The molecule has 0 atom stereocenters. The first-order chi connectivity index (χ1) is 11.1. The van der Waals surface area contributed by atoms with Gasteiger partial charge in [0.05, 0.1) is 0 Å². The number of aromatic nitrogens is 2. The van der Waals surface area contributed by atoms with Crippen molar-refractivity contribution in [1.82, 2.24) is 14.9 Å². The maximum atomic E-state index is 12.7. The van der Waals surface area contributed by atoms with E-state index in [2.05, 4.69) is 38.0 Å². The number of nitrogens with zero attached hydrogens (tertiary/aromatic N) is 2. The van der Waals surface area contributed by atoms with Gasteiger partial charge in [0.25, 0.3) is 5.91 Å². The average molecular weight is 391 g/mol. The fraction of sp³-hybridized carbons (Fsp3) is 0.176. The molecule has 0 unspecified atom stereocenters. The Morgan fingerprint density at radius 1 is 1.30 bits per heavy atom. The summed E-state index contributed by atoms with van der Waals surface area (Å²) in [5.74, 6) is -0.0810. The largest absolute Gasteiger partial charge is 0.358 e. The molecular formula is C17H13BrClN3O. The van der Waals surface area contributed by atoms with E-state index in [1.165, 1.54) is 11.3 Å². The lowest BCUT2D eigenvalue weighted by Gasteiger charge is -2.27. The smallest absolute Gasteiger partial charge is 0.272 e. The molecule has 0 saturated heterocycles. The highest BCUT2D eigenvalue weighted by molar-refractivity contribution is 9.10. The molecule has 4 nitrogen and oxygen atoms in total. The summed E-state index contributed by atoms with van der Waals surface area (Å²) in [6.07, 6.45) is 2.38. The van der Waals surface area contributed by atoms with E-state index in [4.69, 9.17) is 11.6 Å². The number of fused-ring (bicyclic) bond motifs is 3. The van der Waals surface area contributed by atoms with Crippen molar-refractivity contribution in [2.24, 2.45) is 0 Å². The van der Waals surface area contributed by atoms with Gasteiger partial charge in [-0.25, -0.2) is 0 Å². The Balaban J connectivity index is 1.69. The Hall–Kier alpha value is -1.85. The molecule has 1 N–H and O–H groups in total. The predicted molar refractivity (Wildman–Crippen MR) is 93.7 cm³/mol. The van der Waals surface area contributed by atoms with Crippen LogP contribution in [0.15, 0.2) is 41.0 Å². The van der Waals surface area contributed by atoms with Gasteiger partial charge in [0, 0.05) is 57.4 Å². The third-order valence-corrected chi connectivity index (χ3v) is 4.89. The molecule has 1 aliphatic heterocycles. The zero-order valence-corrected chi connectivity index (χ0v) is 14.5. The van der Waals surface area contributed by atoms with Crippen molar-refractivity contribution in [2.75, 3.05) is 6.54 Å². The average Bonchev–Trinajstić information content (AvgIpc) is 2.91. The van der Waals surface area contributed by atoms with E-state index in [0.717, 1.165) is 21.8 Å². The van der Waals surface area contributed by atoms with Gasteiger partial charge in [-0.2, -0.15) is 0 Å². The van der Waals surface area contributed by atoms with Gasteiger partial charge >= 0.3 is 0 Å². The first-order valence-electron chi connectivity index (χ1n) is 7.31. The van der Waals surface area contributed by atoms with Crippen LogP contribution >= 0.6 is 27.5 Å². The van der Waals surface area contributed by atoms with E-state index < -0.39 is 0 Å². The molecule has 6 heteroatoms. The number of aromatic amines is 1. The minimum absolute atomic E-state index is 0.0810. The van der Waals surface area contributed by atoms with Crippen molar-refractivity contribution in [1.29, 1.82) is 0 Å². The van der Waals surface area contributed by atoms with E-state index in [9.17, 15) is 4.79 Å². The molecule has 0 bridgehead atoms. The second-order valence-corrected chi connectivity index (χ2v) is 6.96. The number of pyridine rings is 1. The topological polar surface area (TPSA) is 49.0 Å². The summed E-state index contributed by atoms with van der Waals surface area (Å²) >= 11 is 9.48. The molecule has 0 spiro atoms. The van der Waals surface area contributed by atoms with Gasteiger partial charge < -0.3 is 9.88 Å². The second kappa shape index (κ2) is 5.65. The van der Waals surface area contributed by atoms with E-state index >= 15 is 0 Å². The SMILES string of the molecule is O=C(c1cc(Cl)ccn1)N1CCc2[nH]c3ccc(Br)cc3c2C1. The maximum absolute atomic E-state index is 12.7. The van der Waals surface area contributed by atoms with Crippen LogP contribution in [0.5, 0.6) is 0 Å². The highest BCUT2D eigenvalue weighted by atomic mass is 79.9. The van der Waals surface area contributed by atoms with Crippen LogP contribution in [0.2, 0.25) is 5.02 Å². The molecule has 3 heterocycles. The number of carbonyl (C=O) groups excluding carboxylic acids is 1. The predicted octanol–water partition coefficient (Wildman–Crippen LogP) is 4.18. The van der Waals surface area contributed by atoms with Crippen molar-refractivity contribution in [3.8, 4) is 0 Å². The van der Waals surface area contributed by atoms with Gasteiger partial charge in [0.1, 0.15) is 5.69 Å². The van der Waals surface area contributed by atoms with Crippen molar-refractivity contribution >= 4 is 44.3 Å². The molecule has 1 aromatic carbocycles. The lowest BCUT2D eigenvalue weighted by Crippen LogP contribution is -2.36. The lowest BCUT2D eigenvalue weighted by atomic mass is 10.0. The number of carbonyl (C=O) groups is 1. The van der Waals surface area contributed by atoms with Crippen LogP contribution in [0.3, 0.4) is 0 Å². The second-order valence-electron chi connectivity index (χ2n) is 5.61. The summed E-state index contributed by atoms with van der Waals surface area (Å²) in [6.45, 7) is 1.26. The Kier molecular flexibility index (Phi) is 3.62. The molecule has 1 aliphatic rings. The third kappa shape index (κ3) is 2.64. The van der Waals surface area contributed by atoms with Crippen molar-refractivity contribution in [3.05, 3.63) is 63.0 Å². The zero-order valence-electron chi connectivity index (χ0n) is 12.1. The first-order valence-corrected chi connectivity index (χ1v) is 8.49. The molecule has 1 amide bonds. The molecule has 3 aromatic rings. The molecule has 4 rings (SSSR count). The Bertz CT molecular complexity index is 921. The van der Waals surface area contributed by atoms with Gasteiger partial charge in [-0.1, -0.05) is 27.5 Å². The Labute approximate surface area is 146 Å². The van der Waals surface area contributed by atoms with Gasteiger partial charge in [-0.05, 0) is 30.3 Å². The van der Waals surface area contributed by atoms with Gasteiger partial charge in [-0.3, -0.25) is 9.78 Å². The Morgan fingerprint density at radius 2 is 2.17 bits per heavy atom. The summed E-state index contributed by atoms with van der Waals surface area (Å²) in [5.41, 5.74) is 3.89. The van der Waals surface area contributed by atoms with E-state index in [1.54, 1.807) is 18.3 Å². The van der Waals surface area contributed by atoms with E-state index in [0.29, 0.717) is 23.8 Å². The van der Waals surface area contributed by atoms with Crippen LogP contribution in [0.4, 0.5) is 0 Å². The van der Waals surface area contributed by atoms with Crippen molar-refractivity contribution in [2.45, 2.75) is 13.0 Å². The molecule has 23 heavy (non-hydrogen) atoms. The van der Waals surface area contributed by atoms with Gasteiger partial charge in [-0.15, -0.1) is 0 Å². The minimum atomic E-state index is -0.0810. The summed E-state index contributed by atoms with van der Waals surface area (Å²) in [7, 11) is 0. The molecular weight excluding hydrogens is 378 g/mol. The standard InChI is InChI=1S/C17H13BrClN3O/c18-10-1-2-14-12(7-10)13-9-22(6-4-15(13)21-14)17(23)16-8-11(19)3-5-20-16/h1-3,5,7-8,21H,4,6,9H2. The third-order valence-electron chi connectivity index (χ3n) is 4.17. The highest BCUT2D eigenvalue weighted by Crippen LogP contribution is 2.30. The molecule has 0 fully saturated rings. The van der Waals surface area contributed by atoms with Crippen LogP contribution in [-0.4, -0.2) is 27.3 Å². The molecule has 0 radical (unpaired) electrons. The molecule has 2 aromatic heterocycles. The number of hydrogen-bond acceptors (Lipinski definition) is 2. The minimum Gasteiger partial charge on any atom is -0.358 e. The summed E-state index contributed by atoms with van der Waals surface area (Å²) in [4.78, 5) is 22.1. The van der Waals surface area contributed by atoms with E-state index in [1.807, 2.05) is 11.0 Å². The van der Waals surface area contributed by atoms with Gasteiger partial charge in [0.2, 0.25) is 0 Å². The van der Waals surface area contributed by atoms with Crippen molar-refractivity contribution < 1.29 is 4.79 Å². The first kappa shape index (κ1) is 14.7. The lowest BCUT2D eigenvalue weighted by molar-refractivity contribution is 0.0729. The summed E-state index contributed by atoms with van der Waals surface area (Å²) in [6, 6.07) is 9.46. The van der Waals surface area contributed by atoms with Crippen LogP contribution in [0.25, 0.3) is 10.9 Å². The fourth-order valence-corrected chi connectivity index (χ4v) is 3.56. The normalized spacial score (nSPS) is 14.1. The van der Waals surface area contributed by atoms with Crippen LogP contribution in [0.1, 0.15) is 21.7 Å².